The summed E-state index contributed by atoms with van der Waals surface area (Å²) in [6.07, 6.45) is 0. The van der Waals surface area contributed by atoms with Gasteiger partial charge in [0, 0.05) is 10.4 Å². The van der Waals surface area contributed by atoms with Gasteiger partial charge in [-0.2, -0.15) is 4.24 Å². The summed E-state index contributed by atoms with van der Waals surface area (Å²) in [6, 6.07) is 0. The molecular weight excluding hydrogens is 146 g/mol. The molecule has 1 rings (SSSR count). The summed E-state index contributed by atoms with van der Waals surface area (Å²) in [4.78, 5) is 0. The van der Waals surface area contributed by atoms with Crippen LogP contribution in [0.4, 0.5) is 0 Å². The molecule has 0 saturated heterocycles. The van der Waals surface area contributed by atoms with Crippen LogP contribution in [0.2, 0.25) is 0 Å². The van der Waals surface area contributed by atoms with Gasteiger partial charge in [0.05, 0.1) is 0 Å². The highest BCUT2D eigenvalue weighted by molar-refractivity contribution is 5.18. The van der Waals surface area contributed by atoms with Gasteiger partial charge in [-0.05, 0) is 18.4 Å². The van der Waals surface area contributed by atoms with Crippen molar-refractivity contribution in [3.63, 3.8) is 0 Å². The Bertz CT molecular complexity index is 426. The zero-order chi connectivity index (χ0) is 9.46. The van der Waals surface area contributed by atoms with Crippen molar-refractivity contribution in [2.45, 2.75) is 0 Å². The minimum atomic E-state index is 0.734. The highest BCUT2D eigenvalue weighted by Crippen LogP contribution is 1.27. The molecule has 1 aromatic rings. The summed E-state index contributed by atoms with van der Waals surface area (Å²) in [7, 11) is 0. The molecule has 12 heavy (non-hydrogen) atoms. The van der Waals surface area contributed by atoms with Gasteiger partial charge in [-0.1, -0.05) is 19.7 Å². The van der Waals surface area contributed by atoms with Crippen LogP contribution < -0.4 is 30.6 Å². The van der Waals surface area contributed by atoms with Gasteiger partial charge in [-0.3, -0.25) is 0 Å². The van der Waals surface area contributed by atoms with Crippen LogP contribution >= 0.6 is 0 Å². The first-order valence-corrected chi connectivity index (χ1v) is 3.53. The minimum Gasteiger partial charge on any atom is -0.168 e. The number of nitrogens with zero attached hydrogens (tertiary/aromatic N) is 1. The molecule has 0 spiro atoms. The predicted octanol–water partition coefficient (Wildman–Crippen LogP) is -2.33. The zero-order valence-corrected chi connectivity index (χ0v) is 7.19. The highest BCUT2D eigenvalue weighted by Gasteiger charge is 1.96. The lowest BCUT2D eigenvalue weighted by molar-refractivity contribution is -0.530. The quantitative estimate of drug-likeness (QED) is 0.373. The zero-order valence-electron chi connectivity index (χ0n) is 7.19. The van der Waals surface area contributed by atoms with E-state index >= 15 is 0 Å². The smallest absolute Gasteiger partial charge is 0.168 e. The van der Waals surface area contributed by atoms with Crippen molar-refractivity contribution in [1.82, 2.24) is 0 Å². The van der Waals surface area contributed by atoms with Crippen LogP contribution in [0.25, 0.3) is 32.9 Å². The minimum absolute atomic E-state index is 0.734. The summed E-state index contributed by atoms with van der Waals surface area (Å²) >= 11 is 0. The second kappa shape index (κ2) is 2.45. The van der Waals surface area contributed by atoms with E-state index < -0.39 is 0 Å². The summed E-state index contributed by atoms with van der Waals surface area (Å²) in [5.41, 5.74) is 0. The van der Waals surface area contributed by atoms with Crippen molar-refractivity contribution >= 4 is 32.9 Å². The molecule has 0 bridgehead atoms. The monoisotopic (exact) mass is 158 g/mol. The fourth-order valence-corrected chi connectivity index (χ4v) is 1.02. The average Bonchev–Trinajstić information content (AvgIpc) is 2.08. The number of aromatic nitrogens is 1. The van der Waals surface area contributed by atoms with Crippen LogP contribution in [0.5, 0.6) is 0 Å². The van der Waals surface area contributed by atoms with Crippen molar-refractivity contribution in [2.24, 2.45) is 0 Å². The molecule has 0 unspecified atom stereocenters. The van der Waals surface area contributed by atoms with Crippen LogP contribution in [0.15, 0.2) is 0 Å². The first-order chi connectivity index (χ1) is 5.46. The molecule has 0 aromatic carbocycles. The molecule has 0 fully saturated rings. The van der Waals surface area contributed by atoms with Crippen LogP contribution in [0.3, 0.4) is 0 Å². The molecular formula is C11H12N+. The molecule has 1 heterocycles. The maximum atomic E-state index is 3.84. The second-order valence-corrected chi connectivity index (χ2v) is 2.76. The standard InChI is InChI=1S/C11H12N/c1-7-8(2)10(4)12(6)11(5)9(7)3/h1-6H2/q+1. The van der Waals surface area contributed by atoms with E-state index in [1.807, 2.05) is 0 Å². The largest absolute Gasteiger partial charge is 0.210 e. The summed E-state index contributed by atoms with van der Waals surface area (Å²) in [6.45, 7) is 22.9. The second-order valence-electron chi connectivity index (χ2n) is 2.76. The van der Waals surface area contributed by atoms with E-state index in [0.717, 1.165) is 26.4 Å². The van der Waals surface area contributed by atoms with Crippen molar-refractivity contribution in [1.29, 1.82) is 0 Å². The Labute approximate surface area is 70.9 Å². The normalized spacial score (nSPS) is 10.0. The molecule has 1 aromatic heterocycles. The third kappa shape index (κ3) is 0.909. The Morgan fingerprint density at radius 1 is 0.667 bits per heavy atom. The number of rotatable bonds is 0. The molecule has 0 amide bonds. The molecule has 1 nitrogen and oxygen atoms in total. The van der Waals surface area contributed by atoms with Gasteiger partial charge in [-0.25, -0.2) is 0 Å². The molecule has 0 aliphatic carbocycles. The molecule has 0 N–H and O–H groups in total. The van der Waals surface area contributed by atoms with Crippen LogP contribution in [0.1, 0.15) is 0 Å². The molecule has 0 saturated carbocycles. The van der Waals surface area contributed by atoms with Gasteiger partial charge in [0.15, 0.2) is 0 Å². The Kier molecular flexibility index (Phi) is 1.73. The van der Waals surface area contributed by atoms with Crippen molar-refractivity contribution in [3.8, 4) is 0 Å². The number of hydrogen-bond acceptors (Lipinski definition) is 0. The van der Waals surface area contributed by atoms with Crippen molar-refractivity contribution < 1.29 is 4.24 Å². The van der Waals surface area contributed by atoms with E-state index in [0.29, 0.717) is 0 Å². The highest BCUT2D eigenvalue weighted by atomic mass is 14.8. The van der Waals surface area contributed by atoms with Crippen LogP contribution in [-0.2, 0) is 0 Å². The Morgan fingerprint density at radius 3 is 1.33 bits per heavy atom. The first kappa shape index (κ1) is 8.47. The third-order valence-corrected chi connectivity index (χ3v) is 2.08. The van der Waals surface area contributed by atoms with Gasteiger partial charge in [0.25, 0.3) is 0 Å². The molecule has 0 atom stereocenters. The maximum absolute atomic E-state index is 3.84. The predicted molar refractivity (Wildman–Crippen MR) is 53.1 cm³/mol. The summed E-state index contributed by atoms with van der Waals surface area (Å²) < 4.78 is 1.62. The van der Waals surface area contributed by atoms with E-state index in [-0.39, 0.29) is 0 Å². The maximum Gasteiger partial charge on any atom is 0.210 e. The number of hydrogen-bond donors (Lipinski definition) is 0. The van der Waals surface area contributed by atoms with Crippen LogP contribution in [0, 0.1) is 6.72 Å². The van der Waals surface area contributed by atoms with Gasteiger partial charge < -0.3 is 0 Å². The van der Waals surface area contributed by atoms with Gasteiger partial charge in [0.2, 0.25) is 10.7 Å². The topological polar surface area (TPSA) is 5.90 Å². The van der Waals surface area contributed by atoms with Gasteiger partial charge >= 0.3 is 0 Å². The molecule has 0 aliphatic rings. The Hall–Kier alpha value is -1.63. The average molecular weight is 158 g/mol. The lowest BCUT2D eigenvalue weighted by Crippen LogP contribution is -2.68. The van der Waals surface area contributed by atoms with E-state index in [1.54, 1.807) is 4.24 Å². The van der Waals surface area contributed by atoms with E-state index in [4.69, 9.17) is 0 Å². The lowest BCUT2D eigenvalue weighted by Gasteiger charge is -1.85. The Morgan fingerprint density at radius 2 is 1.00 bits per heavy atom. The first-order valence-electron chi connectivity index (χ1n) is 3.53. The Balaban J connectivity index is 4.48. The SMILES string of the molecule is C=c1c(=C)c(=C)[n+](=C)c(=C)c1=C. The van der Waals surface area contributed by atoms with Gasteiger partial charge in [0.1, 0.15) is 6.72 Å². The van der Waals surface area contributed by atoms with Crippen LogP contribution in [-0.4, -0.2) is 0 Å². The summed E-state index contributed by atoms with van der Waals surface area (Å²) in [5, 5.41) is 3.82. The molecule has 0 radical (unpaired) electrons. The fourth-order valence-electron chi connectivity index (χ4n) is 1.02. The molecule has 0 aliphatic heterocycles. The van der Waals surface area contributed by atoms with E-state index in [9.17, 15) is 0 Å². The van der Waals surface area contributed by atoms with Crippen molar-refractivity contribution in [3.05, 3.63) is 33.1 Å². The molecule has 1 heteroatoms. The summed E-state index contributed by atoms with van der Waals surface area (Å²) in [5.74, 6) is 0. The van der Waals surface area contributed by atoms with E-state index in [1.165, 1.54) is 0 Å². The van der Waals surface area contributed by atoms with E-state index in [2.05, 4.69) is 39.6 Å². The lowest BCUT2D eigenvalue weighted by atomic mass is 10.2. The number of pyridine rings is 1. The van der Waals surface area contributed by atoms with Crippen molar-refractivity contribution in [2.75, 3.05) is 0 Å². The molecule has 60 valence electrons. The van der Waals surface area contributed by atoms with Gasteiger partial charge in [-0.15, -0.1) is 0 Å². The fraction of sp³-hybridized carbons (Fsp3) is 0. The third-order valence-electron chi connectivity index (χ3n) is 2.08.